The van der Waals surface area contributed by atoms with Crippen molar-refractivity contribution in [2.24, 2.45) is 0 Å². The number of nitrogens with one attached hydrogen (secondary N) is 1. The third-order valence-corrected chi connectivity index (χ3v) is 3.55. The van der Waals surface area contributed by atoms with Crippen LogP contribution in [0.3, 0.4) is 0 Å². The Hall–Kier alpha value is -0.540. The topological polar surface area (TPSA) is 21.3 Å². The standard InChI is InChI=1S/C13H18BrNO/c1-9(2)15-8-10-6-7-16-13-11(10)4-3-5-12(13)14/h3-5,9-10,15H,6-8H2,1-2H3. The van der Waals surface area contributed by atoms with Gasteiger partial charge in [0.25, 0.3) is 0 Å². The van der Waals surface area contributed by atoms with Crippen LogP contribution in [0.1, 0.15) is 31.7 Å². The van der Waals surface area contributed by atoms with Crippen LogP contribution >= 0.6 is 15.9 Å². The first-order valence-corrected chi connectivity index (χ1v) is 6.62. The van der Waals surface area contributed by atoms with Crippen molar-refractivity contribution in [3.63, 3.8) is 0 Å². The van der Waals surface area contributed by atoms with Gasteiger partial charge in [-0.15, -0.1) is 0 Å². The second-order valence-electron chi connectivity index (χ2n) is 4.56. The molecule has 1 N–H and O–H groups in total. The van der Waals surface area contributed by atoms with Gasteiger partial charge in [0, 0.05) is 18.5 Å². The second-order valence-corrected chi connectivity index (χ2v) is 5.41. The Morgan fingerprint density at radius 3 is 3.06 bits per heavy atom. The minimum Gasteiger partial charge on any atom is -0.492 e. The number of halogens is 1. The molecule has 1 aliphatic rings. The summed E-state index contributed by atoms with van der Waals surface area (Å²) >= 11 is 3.54. The zero-order chi connectivity index (χ0) is 11.5. The molecule has 0 fully saturated rings. The van der Waals surface area contributed by atoms with Crippen LogP contribution < -0.4 is 10.1 Å². The van der Waals surface area contributed by atoms with Gasteiger partial charge in [0.1, 0.15) is 5.75 Å². The minimum atomic E-state index is 0.540. The fourth-order valence-corrected chi connectivity index (χ4v) is 2.54. The smallest absolute Gasteiger partial charge is 0.136 e. The van der Waals surface area contributed by atoms with Gasteiger partial charge in [-0.2, -0.15) is 0 Å². The van der Waals surface area contributed by atoms with E-state index in [2.05, 4.69) is 47.2 Å². The lowest BCUT2D eigenvalue weighted by Gasteiger charge is -2.27. The molecular weight excluding hydrogens is 266 g/mol. The maximum atomic E-state index is 5.72. The van der Waals surface area contributed by atoms with E-state index in [4.69, 9.17) is 4.74 Å². The van der Waals surface area contributed by atoms with E-state index < -0.39 is 0 Å². The lowest BCUT2D eigenvalue weighted by Crippen LogP contribution is -2.30. The normalized spacial score (nSPS) is 19.4. The highest BCUT2D eigenvalue weighted by atomic mass is 79.9. The highest BCUT2D eigenvalue weighted by Crippen LogP contribution is 2.38. The SMILES string of the molecule is CC(C)NCC1CCOc2c(Br)cccc21. The molecule has 0 spiro atoms. The van der Waals surface area contributed by atoms with E-state index in [-0.39, 0.29) is 0 Å². The van der Waals surface area contributed by atoms with Gasteiger partial charge in [0.2, 0.25) is 0 Å². The first kappa shape index (κ1) is 11.9. The van der Waals surface area contributed by atoms with Gasteiger partial charge in [-0.3, -0.25) is 0 Å². The Labute approximate surface area is 106 Å². The summed E-state index contributed by atoms with van der Waals surface area (Å²) in [5.41, 5.74) is 1.33. The van der Waals surface area contributed by atoms with E-state index >= 15 is 0 Å². The molecule has 1 aliphatic heterocycles. The number of fused-ring (bicyclic) bond motifs is 1. The monoisotopic (exact) mass is 283 g/mol. The molecule has 3 heteroatoms. The van der Waals surface area contributed by atoms with Crippen LogP contribution in [0.5, 0.6) is 5.75 Å². The molecule has 1 aromatic carbocycles. The van der Waals surface area contributed by atoms with Crippen molar-refractivity contribution in [3.05, 3.63) is 28.2 Å². The summed E-state index contributed by atoms with van der Waals surface area (Å²) in [4.78, 5) is 0. The fourth-order valence-electron chi connectivity index (χ4n) is 2.05. The van der Waals surface area contributed by atoms with Gasteiger partial charge < -0.3 is 10.1 Å². The highest BCUT2D eigenvalue weighted by Gasteiger charge is 2.22. The molecule has 2 rings (SSSR count). The van der Waals surface area contributed by atoms with Gasteiger partial charge in [-0.1, -0.05) is 26.0 Å². The first-order chi connectivity index (χ1) is 7.68. The van der Waals surface area contributed by atoms with Crippen LogP contribution in [-0.2, 0) is 0 Å². The average molecular weight is 284 g/mol. The zero-order valence-electron chi connectivity index (χ0n) is 9.79. The maximum Gasteiger partial charge on any atom is 0.136 e. The van der Waals surface area contributed by atoms with E-state index in [1.54, 1.807) is 0 Å². The molecular formula is C13H18BrNO. The van der Waals surface area contributed by atoms with E-state index in [1.807, 2.05) is 6.07 Å². The molecule has 16 heavy (non-hydrogen) atoms. The predicted octanol–water partition coefficient (Wildman–Crippen LogP) is 3.31. The second kappa shape index (κ2) is 5.19. The summed E-state index contributed by atoms with van der Waals surface area (Å²) in [6, 6.07) is 6.83. The molecule has 0 aromatic heterocycles. The molecule has 1 aromatic rings. The molecule has 0 saturated carbocycles. The van der Waals surface area contributed by atoms with Gasteiger partial charge >= 0.3 is 0 Å². The lowest BCUT2D eigenvalue weighted by molar-refractivity contribution is 0.261. The number of benzene rings is 1. The lowest BCUT2D eigenvalue weighted by atomic mass is 9.93. The Morgan fingerprint density at radius 1 is 1.50 bits per heavy atom. The van der Waals surface area contributed by atoms with Crippen LogP contribution in [0.25, 0.3) is 0 Å². The van der Waals surface area contributed by atoms with Crippen molar-refractivity contribution in [1.29, 1.82) is 0 Å². The molecule has 88 valence electrons. The molecule has 0 aliphatic carbocycles. The van der Waals surface area contributed by atoms with E-state index in [9.17, 15) is 0 Å². The van der Waals surface area contributed by atoms with Crippen molar-refractivity contribution in [3.8, 4) is 5.75 Å². The Kier molecular flexibility index (Phi) is 3.87. The van der Waals surface area contributed by atoms with Crippen molar-refractivity contribution in [2.45, 2.75) is 32.2 Å². The molecule has 2 nitrogen and oxygen atoms in total. The third kappa shape index (κ3) is 2.58. The molecule has 1 atom stereocenters. The summed E-state index contributed by atoms with van der Waals surface area (Å²) in [6.07, 6.45) is 1.10. The van der Waals surface area contributed by atoms with E-state index in [0.29, 0.717) is 12.0 Å². The third-order valence-electron chi connectivity index (χ3n) is 2.92. The average Bonchev–Trinajstić information content (AvgIpc) is 2.27. The highest BCUT2D eigenvalue weighted by molar-refractivity contribution is 9.10. The minimum absolute atomic E-state index is 0.540. The largest absolute Gasteiger partial charge is 0.492 e. The number of ether oxygens (including phenoxy) is 1. The molecule has 0 saturated heterocycles. The van der Waals surface area contributed by atoms with Crippen LogP contribution in [0, 0.1) is 0 Å². The molecule has 0 amide bonds. The van der Waals surface area contributed by atoms with Crippen LogP contribution in [-0.4, -0.2) is 19.2 Å². The van der Waals surface area contributed by atoms with Gasteiger partial charge in [-0.25, -0.2) is 0 Å². The molecule has 1 heterocycles. The summed E-state index contributed by atoms with van der Waals surface area (Å²) in [5, 5.41) is 3.50. The number of rotatable bonds is 3. The Morgan fingerprint density at radius 2 is 2.31 bits per heavy atom. The number of hydrogen-bond acceptors (Lipinski definition) is 2. The van der Waals surface area contributed by atoms with Crippen molar-refractivity contribution in [2.75, 3.05) is 13.2 Å². The van der Waals surface area contributed by atoms with Crippen LogP contribution in [0.4, 0.5) is 0 Å². The van der Waals surface area contributed by atoms with Gasteiger partial charge in [0.05, 0.1) is 11.1 Å². The van der Waals surface area contributed by atoms with Crippen molar-refractivity contribution < 1.29 is 4.74 Å². The van der Waals surface area contributed by atoms with Gasteiger partial charge in [0.15, 0.2) is 0 Å². The zero-order valence-corrected chi connectivity index (χ0v) is 11.4. The number of hydrogen-bond donors (Lipinski definition) is 1. The number of para-hydroxylation sites is 1. The Balaban J connectivity index is 2.16. The maximum absolute atomic E-state index is 5.72. The summed E-state index contributed by atoms with van der Waals surface area (Å²) in [5.74, 6) is 1.60. The first-order valence-electron chi connectivity index (χ1n) is 5.83. The fraction of sp³-hybridized carbons (Fsp3) is 0.538. The van der Waals surface area contributed by atoms with Crippen molar-refractivity contribution >= 4 is 15.9 Å². The van der Waals surface area contributed by atoms with Crippen LogP contribution in [0.15, 0.2) is 22.7 Å². The quantitative estimate of drug-likeness (QED) is 0.919. The van der Waals surface area contributed by atoms with Crippen molar-refractivity contribution in [1.82, 2.24) is 5.32 Å². The van der Waals surface area contributed by atoms with E-state index in [0.717, 1.165) is 29.8 Å². The van der Waals surface area contributed by atoms with E-state index in [1.165, 1.54) is 5.56 Å². The predicted molar refractivity (Wildman–Crippen MR) is 70.1 cm³/mol. The van der Waals surface area contributed by atoms with Crippen LogP contribution in [0.2, 0.25) is 0 Å². The summed E-state index contributed by atoms with van der Waals surface area (Å²) in [6.45, 7) is 6.22. The van der Waals surface area contributed by atoms with Gasteiger partial charge in [-0.05, 0) is 34.0 Å². The molecule has 0 bridgehead atoms. The Bertz CT molecular complexity index is 365. The summed E-state index contributed by atoms with van der Waals surface area (Å²) < 4.78 is 6.79. The summed E-state index contributed by atoms with van der Waals surface area (Å²) in [7, 11) is 0. The molecule has 0 radical (unpaired) electrons. The molecule has 1 unspecified atom stereocenters.